The Hall–Kier alpha value is -4.18. The van der Waals surface area contributed by atoms with Crippen LogP contribution in [0.5, 0.6) is 5.75 Å². The number of amides is 3. The number of carbonyl (C=O) groups is 4. The van der Waals surface area contributed by atoms with Gasteiger partial charge in [0.1, 0.15) is 11.8 Å². The van der Waals surface area contributed by atoms with Crippen molar-refractivity contribution in [1.29, 1.82) is 0 Å². The molecule has 1 heterocycles. The minimum absolute atomic E-state index is 0.145. The van der Waals surface area contributed by atoms with Crippen molar-refractivity contribution in [2.45, 2.75) is 32.4 Å². The number of nitrogens with one attached hydrogen (secondary N) is 3. The first kappa shape index (κ1) is 26.4. The number of carboxylic acids is 1. The second kappa shape index (κ2) is 12.5. The summed E-state index contributed by atoms with van der Waals surface area (Å²) in [6.45, 7) is 2.05. The Morgan fingerprint density at radius 2 is 1.69 bits per heavy atom. The summed E-state index contributed by atoms with van der Waals surface area (Å²) in [4.78, 5) is 49.1. The predicted molar refractivity (Wildman–Crippen MR) is 135 cm³/mol. The molecule has 0 spiro atoms. The second-order valence-electron chi connectivity index (χ2n) is 8.04. The highest BCUT2D eigenvalue weighted by atomic mass is 32.1. The number of aromatic hydroxyl groups is 1. The molecule has 0 saturated carbocycles. The molecule has 3 aromatic rings. The standard InChI is InChI=1S/C26H27N3O6S/c1-2-5-16-6-3-7-17(12-16)14-27-23(31)18-9-10-19(21(30)13-18)24(32)29-20(26(34)35)15-28-25(33)22-8-4-11-36-22/h3-4,6-13,20,30H,2,5,14-15H2,1H3,(H,27,31)(H,28,33)(H,29,32)(H,34,35). The molecule has 0 aliphatic carbocycles. The molecule has 36 heavy (non-hydrogen) atoms. The quantitative estimate of drug-likeness (QED) is 0.269. The number of phenolic OH excluding ortho intramolecular Hbond substituents is 1. The Morgan fingerprint density at radius 3 is 2.36 bits per heavy atom. The Labute approximate surface area is 212 Å². The van der Waals surface area contributed by atoms with Crippen LogP contribution in [-0.2, 0) is 17.8 Å². The molecule has 0 aliphatic heterocycles. The van der Waals surface area contributed by atoms with E-state index < -0.39 is 35.5 Å². The summed E-state index contributed by atoms with van der Waals surface area (Å²) in [6, 6.07) is 13.5. The van der Waals surface area contributed by atoms with Gasteiger partial charge in [-0.2, -0.15) is 0 Å². The van der Waals surface area contributed by atoms with Gasteiger partial charge in [-0.1, -0.05) is 43.7 Å². The van der Waals surface area contributed by atoms with Crippen molar-refractivity contribution in [2.24, 2.45) is 0 Å². The summed E-state index contributed by atoms with van der Waals surface area (Å²) < 4.78 is 0. The van der Waals surface area contributed by atoms with E-state index in [0.29, 0.717) is 11.4 Å². The van der Waals surface area contributed by atoms with E-state index in [1.54, 1.807) is 17.5 Å². The topological polar surface area (TPSA) is 145 Å². The lowest BCUT2D eigenvalue weighted by molar-refractivity contribution is -0.139. The van der Waals surface area contributed by atoms with Crippen LogP contribution in [0.15, 0.2) is 60.0 Å². The molecule has 0 radical (unpaired) electrons. The SMILES string of the molecule is CCCc1cccc(CNC(=O)c2ccc(C(=O)NC(CNC(=O)c3cccs3)C(=O)O)c(O)c2)c1. The van der Waals surface area contributed by atoms with Crippen molar-refractivity contribution in [3.63, 3.8) is 0 Å². The van der Waals surface area contributed by atoms with Gasteiger partial charge in [0.05, 0.1) is 10.4 Å². The van der Waals surface area contributed by atoms with Crippen LogP contribution in [0, 0.1) is 0 Å². The fraction of sp³-hybridized carbons (Fsp3) is 0.231. The molecule has 0 bridgehead atoms. The first-order valence-corrected chi connectivity index (χ1v) is 12.2. The van der Waals surface area contributed by atoms with Crippen molar-refractivity contribution in [2.75, 3.05) is 6.54 Å². The molecule has 5 N–H and O–H groups in total. The lowest BCUT2D eigenvalue weighted by Gasteiger charge is -2.16. The molecular weight excluding hydrogens is 482 g/mol. The van der Waals surface area contributed by atoms with Gasteiger partial charge in [0, 0.05) is 18.7 Å². The first-order chi connectivity index (χ1) is 17.3. The predicted octanol–water partition coefficient (Wildman–Crippen LogP) is 2.95. The molecule has 1 unspecified atom stereocenters. The van der Waals surface area contributed by atoms with Gasteiger partial charge in [0.2, 0.25) is 0 Å². The highest BCUT2D eigenvalue weighted by Crippen LogP contribution is 2.19. The van der Waals surface area contributed by atoms with Gasteiger partial charge in [-0.15, -0.1) is 11.3 Å². The molecule has 3 rings (SSSR count). The molecule has 2 aromatic carbocycles. The molecule has 10 heteroatoms. The fourth-order valence-corrected chi connectivity index (χ4v) is 4.10. The van der Waals surface area contributed by atoms with Crippen LogP contribution in [-0.4, -0.2) is 46.5 Å². The van der Waals surface area contributed by atoms with Gasteiger partial charge in [-0.3, -0.25) is 14.4 Å². The van der Waals surface area contributed by atoms with Gasteiger partial charge in [0.25, 0.3) is 17.7 Å². The first-order valence-electron chi connectivity index (χ1n) is 11.3. The average Bonchev–Trinajstić information content (AvgIpc) is 3.40. The van der Waals surface area contributed by atoms with Gasteiger partial charge in [0.15, 0.2) is 0 Å². The molecule has 188 valence electrons. The number of aliphatic carboxylic acids is 1. The number of thiophene rings is 1. The fourth-order valence-electron chi connectivity index (χ4n) is 3.46. The molecule has 0 aliphatic rings. The number of carboxylic acid groups (broad SMARTS) is 1. The summed E-state index contributed by atoms with van der Waals surface area (Å²) in [5.41, 5.74) is 2.07. The number of aryl methyl sites for hydroxylation is 1. The van der Waals surface area contributed by atoms with Crippen LogP contribution in [0.4, 0.5) is 0 Å². The number of rotatable bonds is 11. The van der Waals surface area contributed by atoms with Crippen LogP contribution in [0.2, 0.25) is 0 Å². The zero-order chi connectivity index (χ0) is 26.1. The van der Waals surface area contributed by atoms with Gasteiger partial charge >= 0.3 is 5.97 Å². The van der Waals surface area contributed by atoms with Crippen LogP contribution in [0.3, 0.4) is 0 Å². The number of carbonyl (C=O) groups excluding carboxylic acids is 3. The maximum Gasteiger partial charge on any atom is 0.328 e. The van der Waals surface area contributed by atoms with E-state index in [4.69, 9.17) is 0 Å². The smallest absolute Gasteiger partial charge is 0.328 e. The molecule has 3 amide bonds. The second-order valence-corrected chi connectivity index (χ2v) is 8.98. The number of hydrogen-bond acceptors (Lipinski definition) is 6. The molecule has 1 aromatic heterocycles. The number of phenols is 1. The Morgan fingerprint density at radius 1 is 0.917 bits per heavy atom. The molecule has 0 fully saturated rings. The summed E-state index contributed by atoms with van der Waals surface area (Å²) >= 11 is 1.20. The lowest BCUT2D eigenvalue weighted by Crippen LogP contribution is -2.48. The number of hydrogen-bond donors (Lipinski definition) is 5. The zero-order valence-corrected chi connectivity index (χ0v) is 20.4. The van der Waals surface area contributed by atoms with Gasteiger partial charge in [-0.05, 0) is 47.2 Å². The van der Waals surface area contributed by atoms with Gasteiger partial charge < -0.3 is 26.2 Å². The van der Waals surface area contributed by atoms with Crippen LogP contribution < -0.4 is 16.0 Å². The largest absolute Gasteiger partial charge is 0.507 e. The molecular formula is C26H27N3O6S. The normalized spacial score (nSPS) is 11.4. The van der Waals surface area contributed by atoms with Crippen LogP contribution in [0.1, 0.15) is 54.9 Å². The van der Waals surface area contributed by atoms with E-state index in [1.807, 2.05) is 24.3 Å². The minimum atomic E-state index is -1.42. The summed E-state index contributed by atoms with van der Waals surface area (Å²) in [6.07, 6.45) is 1.97. The third kappa shape index (κ3) is 7.16. The lowest BCUT2D eigenvalue weighted by atomic mass is 10.1. The minimum Gasteiger partial charge on any atom is -0.507 e. The third-order valence-corrected chi connectivity index (χ3v) is 6.17. The third-order valence-electron chi connectivity index (χ3n) is 5.30. The summed E-state index contributed by atoms with van der Waals surface area (Å²) in [5, 5.41) is 29.0. The van der Waals surface area contributed by atoms with Crippen LogP contribution >= 0.6 is 11.3 Å². The Kier molecular flexibility index (Phi) is 9.18. The van der Waals surface area contributed by atoms with E-state index in [0.717, 1.165) is 24.5 Å². The highest BCUT2D eigenvalue weighted by molar-refractivity contribution is 7.12. The zero-order valence-electron chi connectivity index (χ0n) is 19.6. The maximum absolute atomic E-state index is 12.6. The van der Waals surface area contributed by atoms with Crippen molar-refractivity contribution in [3.05, 3.63) is 87.1 Å². The van der Waals surface area contributed by atoms with E-state index in [-0.39, 0.29) is 17.7 Å². The van der Waals surface area contributed by atoms with Crippen LogP contribution in [0.25, 0.3) is 0 Å². The monoisotopic (exact) mass is 509 g/mol. The van der Waals surface area contributed by atoms with E-state index in [9.17, 15) is 29.4 Å². The van der Waals surface area contributed by atoms with E-state index >= 15 is 0 Å². The van der Waals surface area contributed by atoms with Crippen molar-refractivity contribution in [3.8, 4) is 5.75 Å². The van der Waals surface area contributed by atoms with Crippen molar-refractivity contribution < 1.29 is 29.4 Å². The Balaban J connectivity index is 1.59. The Bertz CT molecular complexity index is 1240. The summed E-state index contributed by atoms with van der Waals surface area (Å²) in [5.74, 6) is -3.58. The summed E-state index contributed by atoms with van der Waals surface area (Å²) in [7, 11) is 0. The van der Waals surface area contributed by atoms with E-state index in [1.165, 1.54) is 29.0 Å². The van der Waals surface area contributed by atoms with E-state index in [2.05, 4.69) is 22.9 Å². The van der Waals surface area contributed by atoms with Gasteiger partial charge in [-0.25, -0.2) is 4.79 Å². The molecule has 9 nitrogen and oxygen atoms in total. The number of benzene rings is 2. The van der Waals surface area contributed by atoms with Crippen molar-refractivity contribution in [1.82, 2.24) is 16.0 Å². The highest BCUT2D eigenvalue weighted by Gasteiger charge is 2.24. The molecule has 0 saturated heterocycles. The maximum atomic E-state index is 12.6. The molecule has 1 atom stereocenters. The average molecular weight is 510 g/mol. The van der Waals surface area contributed by atoms with Crippen molar-refractivity contribution >= 4 is 35.0 Å².